The molecule has 2 aromatic carbocycles. The maximum Gasteiger partial charge on any atom is 0.416 e. The summed E-state index contributed by atoms with van der Waals surface area (Å²) in [6.07, 6.45) is -4.38. The number of nitrogens with zero attached hydrogens (tertiary/aromatic N) is 1. The zero-order valence-electron chi connectivity index (χ0n) is 15.8. The first-order valence-corrected chi connectivity index (χ1v) is 10.3. The number of halogens is 3. The van der Waals surface area contributed by atoms with E-state index >= 15 is 0 Å². The van der Waals surface area contributed by atoms with Gasteiger partial charge in [-0.2, -0.15) is 13.2 Å². The van der Waals surface area contributed by atoms with E-state index in [4.69, 9.17) is 0 Å². The van der Waals surface area contributed by atoms with Gasteiger partial charge in [0.15, 0.2) is 5.96 Å². The summed E-state index contributed by atoms with van der Waals surface area (Å²) in [5, 5.41) is 6.11. The highest BCUT2D eigenvalue weighted by molar-refractivity contribution is 7.84. The van der Waals surface area contributed by atoms with Crippen molar-refractivity contribution in [3.05, 3.63) is 71.3 Å². The molecule has 0 aliphatic carbocycles. The lowest BCUT2D eigenvalue weighted by atomic mass is 10.1. The Morgan fingerprint density at radius 1 is 1.14 bits per heavy atom. The summed E-state index contributed by atoms with van der Waals surface area (Å²) in [6.45, 7) is 2.20. The third-order valence-electron chi connectivity index (χ3n) is 4.08. The van der Waals surface area contributed by atoms with Crippen LogP contribution in [0.3, 0.4) is 0 Å². The Morgan fingerprint density at radius 2 is 1.86 bits per heavy atom. The van der Waals surface area contributed by atoms with Crippen molar-refractivity contribution in [3.8, 4) is 0 Å². The molecule has 4 nitrogen and oxygen atoms in total. The van der Waals surface area contributed by atoms with Crippen molar-refractivity contribution in [1.29, 1.82) is 0 Å². The fourth-order valence-electron chi connectivity index (χ4n) is 2.58. The normalized spacial score (nSPS) is 14.4. The lowest BCUT2D eigenvalue weighted by Crippen LogP contribution is -2.40. The van der Waals surface area contributed by atoms with Gasteiger partial charge in [-0.05, 0) is 30.2 Å². The zero-order valence-corrected chi connectivity index (χ0v) is 16.6. The monoisotopic (exact) mass is 411 g/mol. The van der Waals surface area contributed by atoms with E-state index in [-0.39, 0.29) is 6.04 Å². The molecule has 0 heterocycles. The molecule has 0 saturated heterocycles. The highest BCUT2D eigenvalue weighted by atomic mass is 32.2. The number of rotatable bonds is 7. The predicted molar refractivity (Wildman–Crippen MR) is 108 cm³/mol. The van der Waals surface area contributed by atoms with E-state index < -0.39 is 22.5 Å². The van der Waals surface area contributed by atoms with Crippen LogP contribution in [0.2, 0.25) is 0 Å². The Balaban J connectivity index is 1.84. The Labute approximate surface area is 165 Å². The highest BCUT2D eigenvalue weighted by Crippen LogP contribution is 2.30. The van der Waals surface area contributed by atoms with Gasteiger partial charge in [0.05, 0.1) is 11.6 Å². The SMILES string of the molecule is CN=C(NCCS(=O)Cc1ccccc1)NC(C)c1cccc(C(F)(F)F)c1. The van der Waals surface area contributed by atoms with Gasteiger partial charge in [-0.3, -0.25) is 9.20 Å². The van der Waals surface area contributed by atoms with Crippen molar-refractivity contribution in [2.75, 3.05) is 19.3 Å². The summed E-state index contributed by atoms with van der Waals surface area (Å²) in [5.74, 6) is 1.37. The summed E-state index contributed by atoms with van der Waals surface area (Å²) >= 11 is 0. The van der Waals surface area contributed by atoms with Crippen molar-refractivity contribution in [1.82, 2.24) is 10.6 Å². The number of aliphatic imine (C=N–C) groups is 1. The number of alkyl halides is 3. The third kappa shape index (κ3) is 6.99. The van der Waals surface area contributed by atoms with Crippen molar-refractivity contribution < 1.29 is 17.4 Å². The van der Waals surface area contributed by atoms with Gasteiger partial charge in [0, 0.05) is 35.9 Å². The van der Waals surface area contributed by atoms with E-state index in [1.807, 2.05) is 30.3 Å². The second-order valence-electron chi connectivity index (χ2n) is 6.26. The summed E-state index contributed by atoms with van der Waals surface area (Å²) in [4.78, 5) is 4.08. The first kappa shape index (κ1) is 21.9. The number of hydrogen-bond donors (Lipinski definition) is 2. The van der Waals surface area contributed by atoms with Gasteiger partial charge in [0.25, 0.3) is 0 Å². The lowest BCUT2D eigenvalue weighted by molar-refractivity contribution is -0.137. The fraction of sp³-hybridized carbons (Fsp3) is 0.350. The fourth-order valence-corrected chi connectivity index (χ4v) is 3.62. The molecule has 0 aliphatic rings. The van der Waals surface area contributed by atoms with Gasteiger partial charge in [0.1, 0.15) is 0 Å². The molecule has 2 atom stereocenters. The molecule has 152 valence electrons. The third-order valence-corrected chi connectivity index (χ3v) is 5.40. The van der Waals surface area contributed by atoms with Crippen LogP contribution >= 0.6 is 0 Å². The molecule has 8 heteroatoms. The molecule has 28 heavy (non-hydrogen) atoms. The Morgan fingerprint density at radius 3 is 2.50 bits per heavy atom. The Kier molecular flexibility index (Phi) is 8.04. The van der Waals surface area contributed by atoms with E-state index in [9.17, 15) is 17.4 Å². The Bertz CT molecular complexity index is 810. The molecule has 0 fully saturated rings. The number of nitrogens with one attached hydrogen (secondary N) is 2. The molecule has 0 radical (unpaired) electrons. The van der Waals surface area contributed by atoms with Gasteiger partial charge >= 0.3 is 6.18 Å². The van der Waals surface area contributed by atoms with Crippen molar-refractivity contribution in [2.24, 2.45) is 4.99 Å². The van der Waals surface area contributed by atoms with Crippen LogP contribution in [0.1, 0.15) is 29.7 Å². The summed E-state index contributed by atoms with van der Waals surface area (Å²) in [5.41, 5.74) is 0.838. The van der Waals surface area contributed by atoms with Crippen LogP contribution in [0.4, 0.5) is 13.2 Å². The predicted octanol–water partition coefficient (Wildman–Crippen LogP) is 3.88. The summed E-state index contributed by atoms with van der Waals surface area (Å²) in [7, 11) is 0.557. The maximum absolute atomic E-state index is 12.9. The molecule has 0 bridgehead atoms. The zero-order chi connectivity index (χ0) is 20.6. The number of benzene rings is 2. The van der Waals surface area contributed by atoms with Gasteiger partial charge in [-0.25, -0.2) is 0 Å². The Hall–Kier alpha value is -2.35. The molecule has 0 amide bonds. The average Bonchev–Trinajstić information content (AvgIpc) is 2.67. The van der Waals surface area contributed by atoms with Crippen molar-refractivity contribution in [3.63, 3.8) is 0 Å². The molecule has 2 aromatic rings. The first-order valence-electron chi connectivity index (χ1n) is 8.83. The largest absolute Gasteiger partial charge is 0.416 e. The minimum atomic E-state index is -4.38. The van der Waals surface area contributed by atoms with E-state index in [0.717, 1.165) is 17.7 Å². The smallest absolute Gasteiger partial charge is 0.355 e. The van der Waals surface area contributed by atoms with E-state index in [0.29, 0.717) is 29.6 Å². The number of guanidine groups is 1. The molecule has 0 spiro atoms. The van der Waals surface area contributed by atoms with Crippen molar-refractivity contribution in [2.45, 2.75) is 24.9 Å². The van der Waals surface area contributed by atoms with Crippen LogP contribution in [0.5, 0.6) is 0 Å². The summed E-state index contributed by atoms with van der Waals surface area (Å²) in [6, 6.07) is 14.4. The van der Waals surface area contributed by atoms with Gasteiger partial charge < -0.3 is 10.6 Å². The molecule has 2 unspecified atom stereocenters. The van der Waals surface area contributed by atoms with Gasteiger partial charge in [-0.1, -0.05) is 42.5 Å². The molecular weight excluding hydrogens is 387 g/mol. The van der Waals surface area contributed by atoms with Crippen LogP contribution in [-0.2, 0) is 22.7 Å². The van der Waals surface area contributed by atoms with E-state index in [1.165, 1.54) is 6.07 Å². The van der Waals surface area contributed by atoms with Gasteiger partial charge in [-0.15, -0.1) is 0 Å². The van der Waals surface area contributed by atoms with E-state index in [2.05, 4.69) is 15.6 Å². The van der Waals surface area contributed by atoms with Crippen LogP contribution in [0.15, 0.2) is 59.6 Å². The van der Waals surface area contributed by atoms with Crippen LogP contribution in [-0.4, -0.2) is 29.5 Å². The summed E-state index contributed by atoms with van der Waals surface area (Å²) < 4.78 is 50.8. The highest BCUT2D eigenvalue weighted by Gasteiger charge is 2.30. The van der Waals surface area contributed by atoms with Crippen LogP contribution in [0.25, 0.3) is 0 Å². The maximum atomic E-state index is 12.9. The molecule has 0 aliphatic heterocycles. The molecular formula is C20H24F3N3OS. The molecule has 0 aromatic heterocycles. The standard InChI is InChI=1S/C20H24F3N3OS/c1-15(17-9-6-10-18(13-17)20(21,22)23)26-19(24-2)25-11-12-28(27)14-16-7-4-3-5-8-16/h3-10,13,15H,11-12,14H2,1-2H3,(H2,24,25,26). The van der Waals surface area contributed by atoms with E-state index in [1.54, 1.807) is 20.0 Å². The molecule has 2 rings (SSSR count). The van der Waals surface area contributed by atoms with Gasteiger partial charge in [0.2, 0.25) is 0 Å². The number of hydrogen-bond acceptors (Lipinski definition) is 2. The first-order chi connectivity index (χ1) is 13.3. The minimum Gasteiger partial charge on any atom is -0.355 e. The van der Waals surface area contributed by atoms with Crippen LogP contribution in [0, 0.1) is 0 Å². The topological polar surface area (TPSA) is 53.5 Å². The second-order valence-corrected chi connectivity index (χ2v) is 7.84. The quantitative estimate of drug-likeness (QED) is 0.537. The minimum absolute atomic E-state index is 0.372. The van der Waals surface area contributed by atoms with Crippen LogP contribution < -0.4 is 10.6 Å². The molecule has 0 saturated carbocycles. The lowest BCUT2D eigenvalue weighted by Gasteiger charge is -2.19. The average molecular weight is 411 g/mol. The van der Waals surface area contributed by atoms with Crippen molar-refractivity contribution >= 4 is 16.8 Å². The second kappa shape index (κ2) is 10.3. The molecule has 2 N–H and O–H groups in total.